The molecule has 1 saturated heterocycles. The lowest BCUT2D eigenvalue weighted by molar-refractivity contribution is 0.102. The van der Waals surface area contributed by atoms with Crippen LogP contribution < -0.4 is 10.2 Å². The van der Waals surface area contributed by atoms with E-state index < -0.39 is 0 Å². The summed E-state index contributed by atoms with van der Waals surface area (Å²) in [6, 6.07) is 5.58. The van der Waals surface area contributed by atoms with E-state index in [9.17, 15) is 4.79 Å². The lowest BCUT2D eigenvalue weighted by atomic mass is 10.1. The minimum Gasteiger partial charge on any atom is -0.354 e. The van der Waals surface area contributed by atoms with E-state index in [-0.39, 0.29) is 5.91 Å². The smallest absolute Gasteiger partial charge is 0.274 e. The number of piperazine rings is 1. The second kappa shape index (κ2) is 7.60. The number of carbonyl (C=O) groups excluding carboxylic acids is 1. The van der Waals surface area contributed by atoms with E-state index in [1.807, 2.05) is 26.0 Å². The third kappa shape index (κ3) is 4.14. The van der Waals surface area contributed by atoms with Crippen LogP contribution in [0.3, 0.4) is 0 Å². The van der Waals surface area contributed by atoms with Gasteiger partial charge in [-0.3, -0.25) is 4.79 Å². The summed E-state index contributed by atoms with van der Waals surface area (Å²) in [5.41, 5.74) is 2.95. The monoisotopic (exact) mass is 373 g/mol. The number of anilines is 2. The maximum atomic E-state index is 12.8. The first-order valence-electron chi connectivity index (χ1n) is 8.71. The van der Waals surface area contributed by atoms with Crippen molar-refractivity contribution in [2.75, 3.05) is 43.4 Å². The van der Waals surface area contributed by atoms with Crippen LogP contribution in [0.5, 0.6) is 0 Å². The van der Waals surface area contributed by atoms with Crippen LogP contribution in [0.1, 0.15) is 27.4 Å². The van der Waals surface area contributed by atoms with Gasteiger partial charge in [-0.25, -0.2) is 9.97 Å². The largest absolute Gasteiger partial charge is 0.354 e. The number of aryl methyl sites for hydroxylation is 3. The first-order valence-corrected chi connectivity index (χ1v) is 9.08. The lowest BCUT2D eigenvalue weighted by Gasteiger charge is -2.33. The van der Waals surface area contributed by atoms with Crippen molar-refractivity contribution in [3.8, 4) is 0 Å². The number of aromatic nitrogens is 2. The molecule has 1 aliphatic heterocycles. The highest BCUT2D eigenvalue weighted by Gasteiger charge is 2.19. The fourth-order valence-corrected chi connectivity index (χ4v) is 3.49. The molecule has 0 bridgehead atoms. The molecule has 7 heteroatoms. The Morgan fingerprint density at radius 3 is 2.42 bits per heavy atom. The molecule has 0 saturated carbocycles. The molecule has 1 amide bonds. The number of nitrogens with zero attached hydrogens (tertiary/aromatic N) is 4. The topological polar surface area (TPSA) is 61.4 Å². The fraction of sp³-hybridized carbons (Fsp3) is 0.421. The van der Waals surface area contributed by atoms with Crippen LogP contribution in [-0.4, -0.2) is 54.0 Å². The highest BCUT2D eigenvalue weighted by molar-refractivity contribution is 6.34. The third-order valence-corrected chi connectivity index (χ3v) is 4.85. The maximum Gasteiger partial charge on any atom is 0.274 e. The highest BCUT2D eigenvalue weighted by atomic mass is 35.5. The normalized spacial score (nSPS) is 15.2. The molecule has 1 fully saturated rings. The molecule has 1 aliphatic rings. The quantitative estimate of drug-likeness (QED) is 0.895. The van der Waals surface area contributed by atoms with Crippen molar-refractivity contribution in [2.45, 2.75) is 20.8 Å². The van der Waals surface area contributed by atoms with Crippen LogP contribution >= 0.6 is 11.6 Å². The van der Waals surface area contributed by atoms with Gasteiger partial charge in [-0.15, -0.1) is 0 Å². The van der Waals surface area contributed by atoms with Gasteiger partial charge in [0, 0.05) is 32.2 Å². The Morgan fingerprint density at radius 2 is 1.77 bits per heavy atom. The van der Waals surface area contributed by atoms with Crippen LogP contribution in [-0.2, 0) is 0 Å². The predicted molar refractivity (Wildman–Crippen MR) is 105 cm³/mol. The van der Waals surface area contributed by atoms with Gasteiger partial charge < -0.3 is 15.1 Å². The number of carbonyl (C=O) groups is 1. The average Bonchev–Trinajstić information content (AvgIpc) is 2.58. The standard InChI is InChI=1S/C19H24ClN5O/c1-12-9-13(2)18(15(20)10-12)23-19(26)16-11-17(22-14(3)21-16)25-7-5-24(4)6-8-25/h9-11H,5-8H2,1-4H3,(H,23,26). The molecule has 26 heavy (non-hydrogen) atoms. The summed E-state index contributed by atoms with van der Waals surface area (Å²) in [4.78, 5) is 26.0. The van der Waals surface area contributed by atoms with Gasteiger partial charge in [0.25, 0.3) is 5.91 Å². The van der Waals surface area contributed by atoms with Gasteiger partial charge in [0.1, 0.15) is 17.3 Å². The van der Waals surface area contributed by atoms with Crippen molar-refractivity contribution in [3.63, 3.8) is 0 Å². The van der Waals surface area contributed by atoms with Crippen LogP contribution in [0, 0.1) is 20.8 Å². The van der Waals surface area contributed by atoms with Crippen molar-refractivity contribution in [1.29, 1.82) is 0 Å². The van der Waals surface area contributed by atoms with Gasteiger partial charge in [0.05, 0.1) is 10.7 Å². The number of benzene rings is 1. The number of nitrogens with one attached hydrogen (secondary N) is 1. The molecule has 1 aromatic carbocycles. The molecule has 0 radical (unpaired) electrons. The number of rotatable bonds is 3. The average molecular weight is 374 g/mol. The van der Waals surface area contributed by atoms with E-state index in [4.69, 9.17) is 11.6 Å². The van der Waals surface area contributed by atoms with Gasteiger partial charge in [0.15, 0.2) is 0 Å². The number of hydrogen-bond donors (Lipinski definition) is 1. The number of amides is 1. The zero-order valence-corrected chi connectivity index (χ0v) is 16.4. The molecule has 0 atom stereocenters. The zero-order valence-electron chi connectivity index (χ0n) is 15.6. The minimum atomic E-state index is -0.278. The van der Waals surface area contributed by atoms with E-state index in [1.165, 1.54) is 0 Å². The van der Waals surface area contributed by atoms with Gasteiger partial charge in [-0.1, -0.05) is 17.7 Å². The Morgan fingerprint density at radius 1 is 1.08 bits per heavy atom. The molecular formula is C19H24ClN5O. The van der Waals surface area contributed by atoms with Crippen LogP contribution in [0.2, 0.25) is 5.02 Å². The number of hydrogen-bond acceptors (Lipinski definition) is 5. The van der Waals surface area contributed by atoms with E-state index in [2.05, 4.69) is 32.1 Å². The van der Waals surface area contributed by atoms with Gasteiger partial charge in [-0.05, 0) is 45.0 Å². The summed E-state index contributed by atoms with van der Waals surface area (Å²) in [6.07, 6.45) is 0. The van der Waals surface area contributed by atoms with Crippen LogP contribution in [0.15, 0.2) is 18.2 Å². The number of halogens is 1. The molecule has 0 unspecified atom stereocenters. The van der Waals surface area contributed by atoms with Crippen molar-refractivity contribution in [1.82, 2.24) is 14.9 Å². The summed E-state index contributed by atoms with van der Waals surface area (Å²) in [5, 5.41) is 3.43. The lowest BCUT2D eigenvalue weighted by Crippen LogP contribution is -2.45. The first-order chi connectivity index (χ1) is 12.3. The third-order valence-electron chi connectivity index (χ3n) is 4.55. The fourth-order valence-electron chi connectivity index (χ4n) is 3.12. The van der Waals surface area contributed by atoms with Crippen molar-refractivity contribution in [2.24, 2.45) is 0 Å². The second-order valence-corrected chi connectivity index (χ2v) is 7.25. The van der Waals surface area contributed by atoms with Crippen molar-refractivity contribution in [3.05, 3.63) is 45.9 Å². The molecule has 138 valence electrons. The summed E-state index contributed by atoms with van der Waals surface area (Å²) in [6.45, 7) is 9.43. The first kappa shape index (κ1) is 18.6. The molecule has 0 aliphatic carbocycles. The molecule has 3 rings (SSSR count). The van der Waals surface area contributed by atoms with Crippen LogP contribution in [0.4, 0.5) is 11.5 Å². The summed E-state index contributed by atoms with van der Waals surface area (Å²) in [5.74, 6) is 1.10. The van der Waals surface area contributed by atoms with Gasteiger partial charge in [-0.2, -0.15) is 0 Å². The summed E-state index contributed by atoms with van der Waals surface area (Å²) in [7, 11) is 2.11. The SMILES string of the molecule is Cc1cc(C)c(NC(=O)c2cc(N3CCN(C)CC3)nc(C)n2)c(Cl)c1. The Balaban J connectivity index is 1.84. The van der Waals surface area contributed by atoms with E-state index in [0.717, 1.165) is 43.1 Å². The molecule has 2 heterocycles. The minimum absolute atomic E-state index is 0.278. The molecule has 6 nitrogen and oxygen atoms in total. The highest BCUT2D eigenvalue weighted by Crippen LogP contribution is 2.28. The molecule has 0 spiro atoms. The Labute approximate surface area is 159 Å². The molecular weight excluding hydrogens is 350 g/mol. The number of likely N-dealkylation sites (N-methyl/N-ethyl adjacent to an activating group) is 1. The van der Waals surface area contributed by atoms with Gasteiger partial charge >= 0.3 is 0 Å². The summed E-state index contributed by atoms with van der Waals surface area (Å²) >= 11 is 6.30. The van der Waals surface area contributed by atoms with Crippen molar-refractivity contribution < 1.29 is 4.79 Å². The van der Waals surface area contributed by atoms with Crippen molar-refractivity contribution >= 4 is 29.0 Å². The second-order valence-electron chi connectivity index (χ2n) is 6.84. The maximum absolute atomic E-state index is 12.8. The Kier molecular flexibility index (Phi) is 5.44. The van der Waals surface area contributed by atoms with E-state index in [1.54, 1.807) is 13.0 Å². The summed E-state index contributed by atoms with van der Waals surface area (Å²) < 4.78 is 0. The Hall–Kier alpha value is -2.18. The molecule has 2 aromatic rings. The molecule has 1 aromatic heterocycles. The Bertz CT molecular complexity index is 808. The van der Waals surface area contributed by atoms with Crippen LogP contribution in [0.25, 0.3) is 0 Å². The molecule has 1 N–H and O–H groups in total. The zero-order chi connectivity index (χ0) is 18.8. The van der Waals surface area contributed by atoms with Gasteiger partial charge in [0.2, 0.25) is 0 Å². The predicted octanol–water partition coefficient (Wildman–Crippen LogP) is 3.06. The van der Waals surface area contributed by atoms with E-state index >= 15 is 0 Å². The van der Waals surface area contributed by atoms with E-state index in [0.29, 0.717) is 22.2 Å².